The maximum absolute atomic E-state index is 12.4. The van der Waals surface area contributed by atoms with E-state index in [1.807, 2.05) is 0 Å². The van der Waals surface area contributed by atoms with Gasteiger partial charge in [-0.1, -0.05) is 32.0 Å². The number of hydrogen-bond acceptors (Lipinski definition) is 5. The van der Waals surface area contributed by atoms with Crippen molar-refractivity contribution in [1.82, 2.24) is 0 Å². The van der Waals surface area contributed by atoms with Crippen molar-refractivity contribution in [3.63, 3.8) is 0 Å². The number of hydrogen-bond donors (Lipinski definition) is 2. The van der Waals surface area contributed by atoms with Gasteiger partial charge >= 0.3 is 0 Å². The molecule has 0 aliphatic heterocycles. The summed E-state index contributed by atoms with van der Waals surface area (Å²) in [5.41, 5.74) is 4.14. The van der Waals surface area contributed by atoms with Gasteiger partial charge in [0.05, 0.1) is 21.3 Å². The molecule has 0 atom stereocenters. The quantitative estimate of drug-likeness (QED) is 0.660. The summed E-state index contributed by atoms with van der Waals surface area (Å²) in [6.45, 7) is 6.94. The summed E-state index contributed by atoms with van der Waals surface area (Å²) < 4.78 is 15.9. The monoisotopic (exact) mass is 386 g/mol. The molecule has 28 heavy (non-hydrogen) atoms. The largest absolute Gasteiger partial charge is 0.493 e. The van der Waals surface area contributed by atoms with Crippen LogP contribution >= 0.6 is 0 Å². The molecule has 0 saturated carbocycles. The molecule has 0 fully saturated rings. The van der Waals surface area contributed by atoms with Crippen molar-refractivity contribution in [2.45, 2.75) is 33.1 Å². The number of rotatable bonds is 9. The molecule has 2 rings (SSSR count). The van der Waals surface area contributed by atoms with Gasteiger partial charge in [-0.15, -0.1) is 0 Å². The van der Waals surface area contributed by atoms with Gasteiger partial charge in [-0.05, 0) is 24.0 Å². The van der Waals surface area contributed by atoms with Gasteiger partial charge in [0.25, 0.3) is 0 Å². The first-order chi connectivity index (χ1) is 13.4. The van der Waals surface area contributed by atoms with E-state index in [1.165, 1.54) is 11.1 Å². The lowest BCUT2D eigenvalue weighted by Crippen LogP contribution is -2.17. The number of para-hydroxylation sites is 1. The van der Waals surface area contributed by atoms with Crippen LogP contribution in [-0.4, -0.2) is 33.8 Å². The van der Waals surface area contributed by atoms with Crippen LogP contribution in [0.5, 0.6) is 17.2 Å². The lowest BCUT2D eigenvalue weighted by Gasteiger charge is -2.17. The van der Waals surface area contributed by atoms with Crippen molar-refractivity contribution < 1.29 is 19.0 Å². The second-order valence-corrected chi connectivity index (χ2v) is 6.83. The average molecular weight is 386 g/mol. The fraction of sp³-hybridized carbons (Fsp3) is 0.409. The summed E-state index contributed by atoms with van der Waals surface area (Å²) in [7, 11) is 4.63. The molecule has 2 N–H and O–H groups in total. The molecule has 6 heteroatoms. The molecule has 0 aliphatic carbocycles. The molecule has 0 saturated heterocycles. The maximum atomic E-state index is 12.4. The zero-order chi connectivity index (χ0) is 20.7. The van der Waals surface area contributed by atoms with Gasteiger partial charge in [0.2, 0.25) is 11.7 Å². The van der Waals surface area contributed by atoms with Crippen LogP contribution in [0.2, 0.25) is 0 Å². The Morgan fingerprint density at radius 3 is 2.21 bits per heavy atom. The predicted octanol–water partition coefficient (Wildman–Crippen LogP) is 4.58. The third-order valence-corrected chi connectivity index (χ3v) is 4.53. The van der Waals surface area contributed by atoms with E-state index >= 15 is 0 Å². The SMILES string of the molecule is COc1cc(NC(=O)CCNc2c(C)cccc2C(C)C)cc(OC)c1OC. The van der Waals surface area contributed by atoms with Crippen LogP contribution in [0.1, 0.15) is 37.3 Å². The summed E-state index contributed by atoms with van der Waals surface area (Å²) in [4.78, 5) is 12.4. The highest BCUT2D eigenvalue weighted by Crippen LogP contribution is 2.39. The van der Waals surface area contributed by atoms with Crippen molar-refractivity contribution in [2.24, 2.45) is 0 Å². The van der Waals surface area contributed by atoms with Gasteiger partial charge < -0.3 is 24.8 Å². The molecule has 0 radical (unpaired) electrons. The molecule has 2 aromatic rings. The summed E-state index contributed by atoms with van der Waals surface area (Å²) >= 11 is 0. The highest BCUT2D eigenvalue weighted by Gasteiger charge is 2.15. The minimum Gasteiger partial charge on any atom is -0.493 e. The number of amides is 1. The molecule has 0 aliphatic rings. The first-order valence-corrected chi connectivity index (χ1v) is 9.34. The summed E-state index contributed by atoms with van der Waals surface area (Å²) in [6, 6.07) is 9.68. The number of ether oxygens (including phenoxy) is 3. The van der Waals surface area contributed by atoms with E-state index < -0.39 is 0 Å². The molecule has 1 amide bonds. The minimum atomic E-state index is -0.0959. The highest BCUT2D eigenvalue weighted by molar-refractivity contribution is 5.91. The molecule has 0 aromatic heterocycles. The lowest BCUT2D eigenvalue weighted by atomic mass is 9.98. The van der Waals surface area contributed by atoms with Crippen LogP contribution in [0.25, 0.3) is 0 Å². The first kappa shape index (κ1) is 21.4. The van der Waals surface area contributed by atoms with Crippen LogP contribution in [0, 0.1) is 6.92 Å². The van der Waals surface area contributed by atoms with E-state index in [4.69, 9.17) is 14.2 Å². The Balaban J connectivity index is 2.02. The number of carbonyl (C=O) groups is 1. The van der Waals surface area contributed by atoms with Crippen molar-refractivity contribution in [2.75, 3.05) is 38.5 Å². The Morgan fingerprint density at radius 1 is 1.04 bits per heavy atom. The Morgan fingerprint density at radius 2 is 1.68 bits per heavy atom. The van der Waals surface area contributed by atoms with Gasteiger partial charge in [-0.3, -0.25) is 4.79 Å². The van der Waals surface area contributed by atoms with Crippen molar-refractivity contribution >= 4 is 17.3 Å². The smallest absolute Gasteiger partial charge is 0.226 e. The van der Waals surface area contributed by atoms with Gasteiger partial charge in [-0.2, -0.15) is 0 Å². The average Bonchev–Trinajstić information content (AvgIpc) is 2.68. The Kier molecular flexibility index (Phi) is 7.55. The zero-order valence-corrected chi connectivity index (χ0v) is 17.5. The number of anilines is 2. The third-order valence-electron chi connectivity index (χ3n) is 4.53. The van der Waals surface area contributed by atoms with Crippen molar-refractivity contribution in [3.8, 4) is 17.2 Å². The summed E-state index contributed by atoms with van der Waals surface area (Å²) in [5, 5.41) is 6.30. The molecular weight excluding hydrogens is 356 g/mol. The molecule has 6 nitrogen and oxygen atoms in total. The van der Waals surface area contributed by atoms with Gasteiger partial charge in [0.15, 0.2) is 11.5 Å². The summed E-state index contributed by atoms with van der Waals surface area (Å²) in [6.07, 6.45) is 0.336. The van der Waals surface area contributed by atoms with Crippen LogP contribution < -0.4 is 24.8 Å². The van der Waals surface area contributed by atoms with Crippen LogP contribution in [0.4, 0.5) is 11.4 Å². The van der Waals surface area contributed by atoms with Gasteiger partial charge in [-0.25, -0.2) is 0 Å². The number of carbonyl (C=O) groups excluding carboxylic acids is 1. The topological polar surface area (TPSA) is 68.8 Å². The maximum Gasteiger partial charge on any atom is 0.226 e. The summed E-state index contributed by atoms with van der Waals surface area (Å²) in [5.74, 6) is 1.80. The second-order valence-electron chi connectivity index (χ2n) is 6.83. The first-order valence-electron chi connectivity index (χ1n) is 9.34. The highest BCUT2D eigenvalue weighted by atomic mass is 16.5. The number of methoxy groups -OCH3 is 3. The van der Waals surface area contributed by atoms with E-state index in [1.54, 1.807) is 33.5 Å². The van der Waals surface area contributed by atoms with Crippen LogP contribution in [0.3, 0.4) is 0 Å². The van der Waals surface area contributed by atoms with E-state index in [0.717, 1.165) is 5.69 Å². The van der Waals surface area contributed by atoms with E-state index in [9.17, 15) is 4.79 Å². The molecule has 0 heterocycles. The number of aryl methyl sites for hydroxylation is 1. The molecule has 0 bridgehead atoms. The molecule has 152 valence electrons. The van der Waals surface area contributed by atoms with Gasteiger partial charge in [0, 0.05) is 36.5 Å². The van der Waals surface area contributed by atoms with E-state index in [2.05, 4.69) is 49.6 Å². The fourth-order valence-corrected chi connectivity index (χ4v) is 3.09. The zero-order valence-electron chi connectivity index (χ0n) is 17.5. The normalized spacial score (nSPS) is 10.5. The Hall–Kier alpha value is -2.89. The van der Waals surface area contributed by atoms with Crippen molar-refractivity contribution in [1.29, 1.82) is 0 Å². The second kappa shape index (κ2) is 9.88. The Labute approximate surface area is 167 Å². The predicted molar refractivity (Wildman–Crippen MR) is 113 cm³/mol. The number of nitrogens with one attached hydrogen (secondary N) is 2. The van der Waals surface area contributed by atoms with Crippen LogP contribution in [0.15, 0.2) is 30.3 Å². The van der Waals surface area contributed by atoms with E-state index in [-0.39, 0.29) is 5.91 Å². The molecule has 2 aromatic carbocycles. The molecule has 0 spiro atoms. The Bertz CT molecular complexity index is 793. The molecule has 0 unspecified atom stereocenters. The molecular formula is C22H30N2O4. The standard InChI is InChI=1S/C22H30N2O4/c1-14(2)17-9-7-8-15(3)21(17)23-11-10-20(25)24-16-12-18(26-4)22(28-6)19(13-16)27-5/h7-9,12-14,23H,10-11H2,1-6H3,(H,24,25). The third kappa shape index (κ3) is 5.09. The van der Waals surface area contributed by atoms with Crippen molar-refractivity contribution in [3.05, 3.63) is 41.5 Å². The van der Waals surface area contributed by atoms with Gasteiger partial charge in [0.1, 0.15) is 0 Å². The minimum absolute atomic E-state index is 0.0959. The lowest BCUT2D eigenvalue weighted by molar-refractivity contribution is -0.115. The van der Waals surface area contributed by atoms with Crippen LogP contribution in [-0.2, 0) is 4.79 Å². The fourth-order valence-electron chi connectivity index (χ4n) is 3.09. The number of benzene rings is 2. The van der Waals surface area contributed by atoms with E-state index in [0.29, 0.717) is 41.8 Å².